The Morgan fingerprint density at radius 3 is 2.70 bits per heavy atom. The first-order valence-electron chi connectivity index (χ1n) is 6.23. The maximum atomic E-state index is 12.1. The maximum absolute atomic E-state index is 12.1. The number of benzene rings is 1. The molecule has 0 radical (unpaired) electrons. The number of hydrogen-bond donors (Lipinski definition) is 1. The second-order valence-electron chi connectivity index (χ2n) is 4.39. The molecule has 1 amide bonds. The van der Waals surface area contributed by atoms with Crippen molar-refractivity contribution in [3.8, 4) is 0 Å². The van der Waals surface area contributed by atoms with E-state index in [2.05, 4.69) is 5.32 Å². The van der Waals surface area contributed by atoms with E-state index in [0.717, 1.165) is 10.4 Å². The summed E-state index contributed by atoms with van der Waals surface area (Å²) in [4.78, 5) is 13.1. The molecule has 0 aliphatic carbocycles. The average molecular weight is 310 g/mol. The molecular weight excluding hydrogens is 294 g/mol. The lowest BCUT2D eigenvalue weighted by Crippen LogP contribution is -2.29. The third-order valence-corrected chi connectivity index (χ3v) is 4.36. The molecule has 2 rings (SSSR count). The Morgan fingerprint density at radius 2 is 2.10 bits per heavy atom. The highest BCUT2D eigenvalue weighted by molar-refractivity contribution is 7.16. The highest BCUT2D eigenvalue weighted by Gasteiger charge is 2.15. The SMILES string of the molecule is CO[C@H](CNC(=O)c1ccccc1C)c1ccc(Cl)s1. The number of nitrogens with one attached hydrogen (secondary N) is 1. The van der Waals surface area contributed by atoms with Crippen molar-refractivity contribution < 1.29 is 9.53 Å². The summed E-state index contributed by atoms with van der Waals surface area (Å²) in [5, 5.41) is 2.90. The molecule has 0 aliphatic rings. The molecule has 1 N–H and O–H groups in total. The van der Waals surface area contributed by atoms with Gasteiger partial charge in [0, 0.05) is 24.1 Å². The molecule has 5 heteroatoms. The third kappa shape index (κ3) is 3.60. The predicted octanol–water partition coefficient (Wildman–Crippen LogP) is 3.83. The van der Waals surface area contributed by atoms with Gasteiger partial charge in [-0.15, -0.1) is 11.3 Å². The van der Waals surface area contributed by atoms with E-state index in [-0.39, 0.29) is 12.0 Å². The van der Waals surface area contributed by atoms with Crippen LogP contribution in [-0.4, -0.2) is 19.6 Å². The zero-order valence-corrected chi connectivity index (χ0v) is 12.9. The standard InChI is InChI=1S/C15H16ClNO2S/c1-10-5-3-4-6-11(10)15(18)17-9-12(19-2)13-7-8-14(16)20-13/h3-8,12H,9H2,1-2H3,(H,17,18)/t12-/m1/s1. The molecule has 0 bridgehead atoms. The molecule has 20 heavy (non-hydrogen) atoms. The van der Waals surface area contributed by atoms with Crippen molar-refractivity contribution in [1.29, 1.82) is 0 Å². The van der Waals surface area contributed by atoms with Crippen LogP contribution >= 0.6 is 22.9 Å². The van der Waals surface area contributed by atoms with Gasteiger partial charge in [-0.3, -0.25) is 4.79 Å². The molecule has 0 saturated carbocycles. The van der Waals surface area contributed by atoms with E-state index < -0.39 is 0 Å². The van der Waals surface area contributed by atoms with Crippen LogP contribution in [-0.2, 0) is 4.74 Å². The number of halogens is 1. The molecule has 1 aromatic carbocycles. The van der Waals surface area contributed by atoms with Crippen LogP contribution in [0.25, 0.3) is 0 Å². The summed E-state index contributed by atoms with van der Waals surface area (Å²) in [5.41, 5.74) is 1.64. The van der Waals surface area contributed by atoms with Gasteiger partial charge in [-0.2, -0.15) is 0 Å². The van der Waals surface area contributed by atoms with E-state index in [0.29, 0.717) is 16.4 Å². The Labute approximate surface area is 127 Å². The summed E-state index contributed by atoms with van der Waals surface area (Å²) in [6.07, 6.45) is -0.180. The largest absolute Gasteiger partial charge is 0.374 e. The first-order valence-corrected chi connectivity index (χ1v) is 7.43. The van der Waals surface area contributed by atoms with Gasteiger partial charge in [0.1, 0.15) is 6.10 Å². The van der Waals surface area contributed by atoms with E-state index in [1.807, 2.05) is 43.3 Å². The maximum Gasteiger partial charge on any atom is 0.251 e. The zero-order chi connectivity index (χ0) is 14.5. The summed E-state index contributed by atoms with van der Waals surface area (Å²) in [6.45, 7) is 2.34. The number of carbonyl (C=O) groups excluding carboxylic acids is 1. The number of rotatable bonds is 5. The Balaban J connectivity index is 2.00. The molecule has 0 spiro atoms. The highest BCUT2D eigenvalue weighted by atomic mass is 35.5. The minimum Gasteiger partial charge on any atom is -0.374 e. The Hall–Kier alpha value is -1.36. The van der Waals surface area contributed by atoms with Crippen molar-refractivity contribution >= 4 is 28.8 Å². The van der Waals surface area contributed by atoms with Gasteiger partial charge in [-0.05, 0) is 30.7 Å². The fourth-order valence-corrected chi connectivity index (χ4v) is 3.05. The minimum atomic E-state index is -0.180. The molecule has 0 aliphatic heterocycles. The smallest absolute Gasteiger partial charge is 0.251 e. The summed E-state index contributed by atoms with van der Waals surface area (Å²) in [6, 6.07) is 11.3. The van der Waals surface area contributed by atoms with Crippen LogP contribution in [0.4, 0.5) is 0 Å². The van der Waals surface area contributed by atoms with Crippen LogP contribution in [0, 0.1) is 6.92 Å². The van der Waals surface area contributed by atoms with Gasteiger partial charge in [-0.25, -0.2) is 0 Å². The molecule has 1 atom stereocenters. The molecule has 1 aromatic heterocycles. The van der Waals surface area contributed by atoms with Gasteiger partial charge in [0.2, 0.25) is 0 Å². The lowest BCUT2D eigenvalue weighted by molar-refractivity contribution is 0.0837. The number of thiophene rings is 1. The van der Waals surface area contributed by atoms with E-state index in [9.17, 15) is 4.79 Å². The molecule has 1 heterocycles. The van der Waals surface area contributed by atoms with Crippen molar-refractivity contribution in [3.05, 3.63) is 56.7 Å². The quantitative estimate of drug-likeness (QED) is 0.911. The number of aryl methyl sites for hydroxylation is 1. The van der Waals surface area contributed by atoms with Crippen molar-refractivity contribution in [2.45, 2.75) is 13.0 Å². The van der Waals surface area contributed by atoms with Crippen molar-refractivity contribution in [2.24, 2.45) is 0 Å². The van der Waals surface area contributed by atoms with Gasteiger partial charge < -0.3 is 10.1 Å². The van der Waals surface area contributed by atoms with Crippen LogP contribution < -0.4 is 5.32 Å². The average Bonchev–Trinajstić information content (AvgIpc) is 2.86. The number of carbonyl (C=O) groups is 1. The summed E-state index contributed by atoms with van der Waals surface area (Å²) < 4.78 is 6.12. The number of hydrogen-bond acceptors (Lipinski definition) is 3. The Bertz CT molecular complexity index is 597. The first-order chi connectivity index (χ1) is 9.61. The molecule has 2 aromatic rings. The molecule has 0 fully saturated rings. The van der Waals surface area contributed by atoms with E-state index >= 15 is 0 Å². The van der Waals surface area contributed by atoms with Gasteiger partial charge in [0.25, 0.3) is 5.91 Å². The van der Waals surface area contributed by atoms with Gasteiger partial charge in [-0.1, -0.05) is 29.8 Å². The van der Waals surface area contributed by atoms with Crippen LogP contribution in [0.1, 0.15) is 26.9 Å². The molecule has 0 unspecified atom stereocenters. The topological polar surface area (TPSA) is 38.3 Å². The first kappa shape index (κ1) is 15.0. The van der Waals surface area contributed by atoms with Crippen molar-refractivity contribution in [1.82, 2.24) is 5.32 Å². The fourth-order valence-electron chi connectivity index (χ4n) is 1.91. The minimum absolute atomic E-state index is 0.0900. The normalized spacial score (nSPS) is 12.2. The number of methoxy groups -OCH3 is 1. The highest BCUT2D eigenvalue weighted by Crippen LogP contribution is 2.28. The van der Waals surface area contributed by atoms with E-state index in [4.69, 9.17) is 16.3 Å². The lowest BCUT2D eigenvalue weighted by atomic mass is 10.1. The summed E-state index contributed by atoms with van der Waals surface area (Å²) in [5.74, 6) is -0.0900. The number of amides is 1. The lowest BCUT2D eigenvalue weighted by Gasteiger charge is -2.15. The zero-order valence-electron chi connectivity index (χ0n) is 11.4. The van der Waals surface area contributed by atoms with Gasteiger partial charge in [0.05, 0.1) is 4.34 Å². The van der Waals surface area contributed by atoms with Gasteiger partial charge >= 0.3 is 0 Å². The third-order valence-electron chi connectivity index (χ3n) is 3.03. The fraction of sp³-hybridized carbons (Fsp3) is 0.267. The predicted molar refractivity (Wildman–Crippen MR) is 82.6 cm³/mol. The molecule has 3 nitrogen and oxygen atoms in total. The molecule has 0 saturated heterocycles. The van der Waals surface area contributed by atoms with Crippen LogP contribution in [0.2, 0.25) is 4.34 Å². The van der Waals surface area contributed by atoms with Crippen molar-refractivity contribution in [3.63, 3.8) is 0 Å². The van der Waals surface area contributed by atoms with Gasteiger partial charge in [0.15, 0.2) is 0 Å². The number of ether oxygens (including phenoxy) is 1. The monoisotopic (exact) mass is 309 g/mol. The second kappa shape index (κ2) is 6.88. The second-order valence-corrected chi connectivity index (χ2v) is 6.14. The summed E-state index contributed by atoms with van der Waals surface area (Å²) >= 11 is 7.38. The van der Waals surface area contributed by atoms with Crippen LogP contribution in [0.15, 0.2) is 36.4 Å². The molecule has 106 valence electrons. The van der Waals surface area contributed by atoms with Crippen LogP contribution in [0.5, 0.6) is 0 Å². The van der Waals surface area contributed by atoms with E-state index in [1.54, 1.807) is 7.11 Å². The van der Waals surface area contributed by atoms with Crippen molar-refractivity contribution in [2.75, 3.05) is 13.7 Å². The Morgan fingerprint density at radius 1 is 1.35 bits per heavy atom. The van der Waals surface area contributed by atoms with E-state index in [1.165, 1.54) is 11.3 Å². The van der Waals surface area contributed by atoms with Crippen LogP contribution in [0.3, 0.4) is 0 Å². The molecular formula is C15H16ClNO2S. The Kier molecular flexibility index (Phi) is 5.17. The summed E-state index contributed by atoms with van der Waals surface area (Å²) in [7, 11) is 1.62.